The highest BCUT2D eigenvalue weighted by molar-refractivity contribution is 5.79. The number of hydrogen-bond acceptors (Lipinski definition) is 3. The third-order valence-electron chi connectivity index (χ3n) is 4.15. The maximum Gasteiger partial charge on any atom is 0.191 e. The molecule has 0 aliphatic heterocycles. The molecule has 0 fully saturated rings. The van der Waals surface area contributed by atoms with Crippen LogP contribution in [-0.2, 0) is 6.54 Å². The van der Waals surface area contributed by atoms with Crippen molar-refractivity contribution in [2.75, 3.05) is 20.1 Å². The van der Waals surface area contributed by atoms with E-state index >= 15 is 0 Å². The number of aryl methyl sites for hydroxylation is 2. The number of aliphatic imine (C=N–C) groups is 1. The first-order chi connectivity index (χ1) is 12.9. The lowest BCUT2D eigenvalue weighted by atomic mass is 10.2. The highest BCUT2D eigenvalue weighted by atomic mass is 19.1. The normalized spacial score (nSPS) is 13.9. The summed E-state index contributed by atoms with van der Waals surface area (Å²) in [6.45, 7) is 10.2. The van der Waals surface area contributed by atoms with Gasteiger partial charge in [0.1, 0.15) is 6.10 Å². The van der Waals surface area contributed by atoms with Gasteiger partial charge in [0, 0.05) is 25.8 Å². The van der Waals surface area contributed by atoms with E-state index in [9.17, 15) is 4.39 Å². The Morgan fingerprint density at radius 3 is 2.56 bits per heavy atom. The van der Waals surface area contributed by atoms with E-state index in [-0.39, 0.29) is 17.7 Å². The molecule has 27 heavy (non-hydrogen) atoms. The summed E-state index contributed by atoms with van der Waals surface area (Å²) < 4.78 is 21.3. The first-order valence-corrected chi connectivity index (χ1v) is 9.25. The predicted octanol–water partition coefficient (Wildman–Crippen LogP) is 2.91. The highest BCUT2D eigenvalue weighted by Crippen LogP contribution is 2.16. The minimum absolute atomic E-state index is 0.201. The molecule has 1 aromatic carbocycles. The molecule has 2 N–H and O–H groups in total. The van der Waals surface area contributed by atoms with Gasteiger partial charge >= 0.3 is 0 Å². The number of ether oxygens (including phenoxy) is 1. The molecular weight excluding hydrogens is 345 g/mol. The number of rotatable bonds is 8. The number of benzene rings is 1. The minimum Gasteiger partial charge on any atom is -0.486 e. The quantitative estimate of drug-likeness (QED) is 0.550. The third kappa shape index (κ3) is 6.58. The lowest BCUT2D eigenvalue weighted by Crippen LogP contribution is -2.43. The topological polar surface area (TPSA) is 63.5 Å². The average molecular weight is 375 g/mol. The summed E-state index contributed by atoms with van der Waals surface area (Å²) in [6, 6.07) is 8.49. The molecule has 148 valence electrons. The average Bonchev–Trinajstić information content (AvgIpc) is 2.94. The van der Waals surface area contributed by atoms with Gasteiger partial charge in [-0.3, -0.25) is 9.67 Å². The molecule has 0 aliphatic rings. The maximum atomic E-state index is 13.6. The zero-order valence-electron chi connectivity index (χ0n) is 16.8. The molecule has 0 bridgehead atoms. The van der Waals surface area contributed by atoms with E-state index in [1.807, 2.05) is 18.5 Å². The van der Waals surface area contributed by atoms with Gasteiger partial charge in [0.2, 0.25) is 0 Å². The van der Waals surface area contributed by atoms with Crippen molar-refractivity contribution >= 4 is 5.96 Å². The van der Waals surface area contributed by atoms with Crippen molar-refractivity contribution in [1.82, 2.24) is 20.4 Å². The first-order valence-electron chi connectivity index (χ1n) is 9.25. The molecule has 0 aliphatic carbocycles. The van der Waals surface area contributed by atoms with Crippen LogP contribution in [0.1, 0.15) is 25.2 Å². The predicted molar refractivity (Wildman–Crippen MR) is 107 cm³/mol. The Balaban J connectivity index is 1.75. The molecule has 2 unspecified atom stereocenters. The van der Waals surface area contributed by atoms with Gasteiger partial charge in [-0.05, 0) is 44.9 Å². The van der Waals surface area contributed by atoms with Crippen molar-refractivity contribution < 1.29 is 9.13 Å². The van der Waals surface area contributed by atoms with Crippen LogP contribution >= 0.6 is 0 Å². The standard InChI is InChI=1S/C20H30FN5O/c1-14(13-26-16(3)10-15(2)25-26)11-23-20(22-5)24-12-17(4)27-19-9-7-6-8-18(19)21/h6-10,14,17H,11-13H2,1-5H3,(H2,22,23,24). The molecule has 0 spiro atoms. The smallest absolute Gasteiger partial charge is 0.191 e. The lowest BCUT2D eigenvalue weighted by Gasteiger charge is -2.19. The molecule has 2 atom stereocenters. The number of aromatic nitrogens is 2. The van der Waals surface area contributed by atoms with Crippen molar-refractivity contribution in [1.29, 1.82) is 0 Å². The Hall–Kier alpha value is -2.57. The molecule has 6 nitrogen and oxygen atoms in total. The van der Waals surface area contributed by atoms with Gasteiger partial charge in [0.05, 0.1) is 12.2 Å². The second-order valence-electron chi connectivity index (χ2n) is 6.91. The molecule has 0 amide bonds. The lowest BCUT2D eigenvalue weighted by molar-refractivity contribution is 0.214. The largest absolute Gasteiger partial charge is 0.486 e. The van der Waals surface area contributed by atoms with Crippen LogP contribution in [0, 0.1) is 25.6 Å². The van der Waals surface area contributed by atoms with E-state index in [4.69, 9.17) is 4.74 Å². The van der Waals surface area contributed by atoms with Gasteiger partial charge in [0.15, 0.2) is 17.5 Å². The van der Waals surface area contributed by atoms with E-state index < -0.39 is 0 Å². The fourth-order valence-electron chi connectivity index (χ4n) is 2.75. The van der Waals surface area contributed by atoms with Crippen molar-refractivity contribution in [2.45, 2.75) is 40.3 Å². The minimum atomic E-state index is -0.357. The Morgan fingerprint density at radius 2 is 1.93 bits per heavy atom. The van der Waals surface area contributed by atoms with Crippen molar-refractivity contribution in [3.63, 3.8) is 0 Å². The Kier molecular flexibility index (Phi) is 7.64. The molecular formula is C20H30FN5O. The van der Waals surface area contributed by atoms with Gasteiger partial charge in [-0.15, -0.1) is 0 Å². The van der Waals surface area contributed by atoms with Gasteiger partial charge in [-0.1, -0.05) is 19.1 Å². The second kappa shape index (κ2) is 9.94. The zero-order chi connectivity index (χ0) is 19.8. The highest BCUT2D eigenvalue weighted by Gasteiger charge is 2.11. The summed E-state index contributed by atoms with van der Waals surface area (Å²) in [6.07, 6.45) is -0.201. The molecule has 0 saturated heterocycles. The van der Waals surface area contributed by atoms with Gasteiger partial charge in [-0.25, -0.2) is 4.39 Å². The SMILES string of the molecule is CN=C(NCC(C)Cn1nc(C)cc1C)NCC(C)Oc1ccccc1F. The molecule has 2 aromatic rings. The van der Waals surface area contributed by atoms with Crippen LogP contribution in [0.15, 0.2) is 35.3 Å². The van der Waals surface area contributed by atoms with E-state index in [1.165, 1.54) is 11.8 Å². The second-order valence-corrected chi connectivity index (χ2v) is 6.91. The van der Waals surface area contributed by atoms with E-state index in [0.717, 1.165) is 18.8 Å². The number of nitrogens with one attached hydrogen (secondary N) is 2. The Bertz CT molecular complexity index is 759. The summed E-state index contributed by atoms with van der Waals surface area (Å²) in [4.78, 5) is 4.23. The molecule has 0 saturated carbocycles. The molecule has 1 heterocycles. The van der Waals surface area contributed by atoms with Crippen LogP contribution in [0.5, 0.6) is 5.75 Å². The Morgan fingerprint density at radius 1 is 1.22 bits per heavy atom. The number of hydrogen-bond donors (Lipinski definition) is 2. The summed E-state index contributed by atoms with van der Waals surface area (Å²) in [5, 5.41) is 11.0. The number of para-hydroxylation sites is 1. The van der Waals surface area contributed by atoms with Crippen LogP contribution in [0.3, 0.4) is 0 Å². The van der Waals surface area contributed by atoms with E-state index in [2.05, 4.69) is 40.6 Å². The van der Waals surface area contributed by atoms with E-state index in [1.54, 1.807) is 25.2 Å². The van der Waals surface area contributed by atoms with Crippen molar-refractivity contribution in [2.24, 2.45) is 10.9 Å². The monoisotopic (exact) mass is 375 g/mol. The molecule has 7 heteroatoms. The number of halogens is 1. The van der Waals surface area contributed by atoms with Gasteiger partial charge in [-0.2, -0.15) is 5.10 Å². The molecule has 1 aromatic heterocycles. The van der Waals surface area contributed by atoms with Crippen LogP contribution < -0.4 is 15.4 Å². The van der Waals surface area contributed by atoms with Crippen molar-refractivity contribution in [3.05, 3.63) is 47.5 Å². The summed E-state index contributed by atoms with van der Waals surface area (Å²) in [7, 11) is 1.73. The maximum absolute atomic E-state index is 13.6. The Labute approximate surface area is 160 Å². The summed E-state index contributed by atoms with van der Waals surface area (Å²) >= 11 is 0. The van der Waals surface area contributed by atoms with Crippen molar-refractivity contribution in [3.8, 4) is 5.75 Å². The van der Waals surface area contributed by atoms with Crippen LogP contribution in [-0.4, -0.2) is 42.0 Å². The third-order valence-corrected chi connectivity index (χ3v) is 4.15. The van der Waals surface area contributed by atoms with Crippen LogP contribution in [0.2, 0.25) is 0 Å². The van der Waals surface area contributed by atoms with Crippen LogP contribution in [0.25, 0.3) is 0 Å². The van der Waals surface area contributed by atoms with E-state index in [0.29, 0.717) is 18.4 Å². The number of guanidine groups is 1. The summed E-state index contributed by atoms with van der Waals surface area (Å²) in [5.41, 5.74) is 2.20. The first kappa shape index (κ1) is 20.7. The molecule has 2 rings (SSSR count). The number of nitrogens with zero attached hydrogens (tertiary/aromatic N) is 3. The fourth-order valence-corrected chi connectivity index (χ4v) is 2.75. The van der Waals surface area contributed by atoms with Crippen LogP contribution in [0.4, 0.5) is 4.39 Å². The summed E-state index contributed by atoms with van der Waals surface area (Å²) in [5.74, 6) is 0.978. The van der Waals surface area contributed by atoms with Gasteiger partial charge in [0.25, 0.3) is 0 Å². The fraction of sp³-hybridized carbons (Fsp3) is 0.500. The molecule has 0 radical (unpaired) electrons. The van der Waals surface area contributed by atoms with Gasteiger partial charge < -0.3 is 15.4 Å². The zero-order valence-corrected chi connectivity index (χ0v) is 16.8.